The molecule has 172 valence electrons. The fourth-order valence-electron chi connectivity index (χ4n) is 2.94. The maximum Gasteiger partial charge on any atom is 0.271 e. The molecule has 0 aromatic heterocycles. The Labute approximate surface area is 203 Å². The van der Waals surface area contributed by atoms with Gasteiger partial charge in [-0.2, -0.15) is 5.10 Å². The van der Waals surface area contributed by atoms with Gasteiger partial charge in [0.05, 0.1) is 29.5 Å². The number of rotatable bonds is 10. The molecule has 0 atom stereocenters. The molecule has 0 aliphatic carbocycles. The van der Waals surface area contributed by atoms with E-state index in [1.165, 1.54) is 6.21 Å². The van der Waals surface area contributed by atoms with E-state index >= 15 is 0 Å². The number of amides is 1. The molecule has 0 heterocycles. The highest BCUT2D eigenvalue weighted by atomic mass is 35.5. The van der Waals surface area contributed by atoms with Crippen molar-refractivity contribution in [1.29, 1.82) is 0 Å². The van der Waals surface area contributed by atoms with Crippen LogP contribution < -0.4 is 19.6 Å². The molecule has 1 N–H and O–H groups in total. The monoisotopic (exact) mass is 486 g/mol. The van der Waals surface area contributed by atoms with Gasteiger partial charge in [0.25, 0.3) is 5.91 Å². The average Bonchev–Trinajstić information content (AvgIpc) is 2.80. The maximum absolute atomic E-state index is 12.5. The number of carbonyl (C=O) groups is 1. The van der Waals surface area contributed by atoms with Crippen LogP contribution in [-0.2, 0) is 6.61 Å². The molecule has 6 nitrogen and oxygen atoms in total. The molecule has 0 bridgehead atoms. The lowest BCUT2D eigenvalue weighted by atomic mass is 10.2. The SMILES string of the molecule is CCOc1ccc(C(=O)N/N=C/c2cc(Cl)c(OCc3ccccc3)c(Cl)c2)cc1OCC. The van der Waals surface area contributed by atoms with E-state index in [0.717, 1.165) is 5.56 Å². The third kappa shape index (κ3) is 6.88. The number of nitrogens with zero attached hydrogens (tertiary/aromatic N) is 1. The molecule has 33 heavy (non-hydrogen) atoms. The van der Waals surface area contributed by atoms with E-state index < -0.39 is 5.91 Å². The van der Waals surface area contributed by atoms with Crippen LogP contribution in [0.4, 0.5) is 0 Å². The number of hydrazone groups is 1. The number of benzene rings is 3. The first-order valence-electron chi connectivity index (χ1n) is 10.4. The number of ether oxygens (including phenoxy) is 3. The van der Waals surface area contributed by atoms with Crippen molar-refractivity contribution in [2.24, 2.45) is 5.10 Å². The molecule has 0 saturated heterocycles. The van der Waals surface area contributed by atoms with E-state index in [1.54, 1.807) is 30.3 Å². The fraction of sp³-hybridized carbons (Fsp3) is 0.200. The summed E-state index contributed by atoms with van der Waals surface area (Å²) in [6, 6.07) is 18.0. The largest absolute Gasteiger partial charge is 0.490 e. The second-order valence-corrected chi connectivity index (χ2v) is 7.63. The number of carbonyl (C=O) groups excluding carboxylic acids is 1. The number of hydrogen-bond acceptors (Lipinski definition) is 5. The quantitative estimate of drug-likeness (QED) is 0.276. The molecule has 1 amide bonds. The van der Waals surface area contributed by atoms with Gasteiger partial charge in [0.2, 0.25) is 0 Å². The zero-order valence-corrected chi connectivity index (χ0v) is 19.8. The van der Waals surface area contributed by atoms with Gasteiger partial charge in [-0.25, -0.2) is 5.43 Å². The fourth-order valence-corrected chi connectivity index (χ4v) is 3.56. The van der Waals surface area contributed by atoms with Crippen molar-refractivity contribution in [2.45, 2.75) is 20.5 Å². The van der Waals surface area contributed by atoms with Crippen LogP contribution >= 0.6 is 23.2 Å². The van der Waals surface area contributed by atoms with Crippen LogP contribution in [0, 0.1) is 0 Å². The van der Waals surface area contributed by atoms with Crippen molar-refractivity contribution in [2.75, 3.05) is 13.2 Å². The van der Waals surface area contributed by atoms with Gasteiger partial charge in [-0.15, -0.1) is 0 Å². The van der Waals surface area contributed by atoms with E-state index in [1.807, 2.05) is 44.2 Å². The van der Waals surface area contributed by atoms with Crippen LogP contribution in [0.25, 0.3) is 0 Å². The Morgan fingerprint density at radius 2 is 1.58 bits per heavy atom. The van der Waals surface area contributed by atoms with Crippen LogP contribution in [0.2, 0.25) is 10.0 Å². The van der Waals surface area contributed by atoms with Crippen LogP contribution in [0.1, 0.15) is 35.3 Å². The lowest BCUT2D eigenvalue weighted by Gasteiger charge is -2.12. The zero-order chi connectivity index (χ0) is 23.6. The van der Waals surface area contributed by atoms with Gasteiger partial charge in [0.15, 0.2) is 17.2 Å². The summed E-state index contributed by atoms with van der Waals surface area (Å²) in [4.78, 5) is 12.5. The van der Waals surface area contributed by atoms with Gasteiger partial charge >= 0.3 is 0 Å². The van der Waals surface area contributed by atoms with Crippen LogP contribution in [-0.4, -0.2) is 25.3 Å². The van der Waals surface area contributed by atoms with E-state index in [-0.39, 0.29) is 0 Å². The topological polar surface area (TPSA) is 69.2 Å². The summed E-state index contributed by atoms with van der Waals surface area (Å²) in [5.74, 6) is 1.08. The summed E-state index contributed by atoms with van der Waals surface area (Å²) in [7, 11) is 0. The standard InChI is InChI=1S/C25H24Cl2N2O4/c1-3-31-22-11-10-19(14-23(22)32-4-2)25(30)29-28-15-18-12-20(26)24(21(27)13-18)33-16-17-8-6-5-7-9-17/h5-15H,3-4,16H2,1-2H3,(H,29,30)/b28-15+. The first kappa shape index (κ1) is 24.4. The Hall–Kier alpha value is -3.22. The molecular formula is C25H24Cl2N2O4. The Balaban J connectivity index is 1.65. The van der Waals surface area contributed by atoms with Gasteiger partial charge in [-0.3, -0.25) is 4.79 Å². The second kappa shape index (κ2) is 12.1. The average molecular weight is 487 g/mol. The number of hydrogen-bond donors (Lipinski definition) is 1. The molecule has 3 aromatic rings. The first-order chi connectivity index (χ1) is 16.0. The van der Waals surface area contributed by atoms with Crippen LogP contribution in [0.5, 0.6) is 17.2 Å². The van der Waals surface area contributed by atoms with E-state index in [4.69, 9.17) is 37.4 Å². The summed E-state index contributed by atoms with van der Waals surface area (Å²) in [5.41, 5.74) is 4.48. The minimum atomic E-state index is -0.393. The van der Waals surface area contributed by atoms with Gasteiger partial charge in [-0.05, 0) is 55.3 Å². The van der Waals surface area contributed by atoms with Crippen molar-refractivity contribution in [3.63, 3.8) is 0 Å². The molecule has 0 radical (unpaired) electrons. The van der Waals surface area contributed by atoms with Gasteiger partial charge in [0, 0.05) is 5.56 Å². The van der Waals surface area contributed by atoms with E-state index in [0.29, 0.717) is 58.2 Å². The smallest absolute Gasteiger partial charge is 0.271 e. The highest BCUT2D eigenvalue weighted by Gasteiger charge is 2.12. The van der Waals surface area contributed by atoms with Gasteiger partial charge < -0.3 is 14.2 Å². The summed E-state index contributed by atoms with van der Waals surface area (Å²) < 4.78 is 16.8. The minimum absolute atomic E-state index is 0.343. The Morgan fingerprint density at radius 1 is 0.909 bits per heavy atom. The molecule has 8 heteroatoms. The predicted octanol–water partition coefficient (Wildman–Crippen LogP) is 6.13. The summed E-state index contributed by atoms with van der Waals surface area (Å²) in [5, 5.41) is 4.70. The lowest BCUT2D eigenvalue weighted by molar-refractivity contribution is 0.0954. The molecule has 3 aromatic carbocycles. The molecule has 0 spiro atoms. The third-order valence-corrected chi connectivity index (χ3v) is 4.99. The second-order valence-electron chi connectivity index (χ2n) is 6.81. The Morgan fingerprint density at radius 3 is 2.24 bits per heavy atom. The van der Waals surface area contributed by atoms with E-state index in [9.17, 15) is 4.79 Å². The lowest BCUT2D eigenvalue weighted by Crippen LogP contribution is -2.17. The number of nitrogens with one attached hydrogen (secondary N) is 1. The normalized spacial score (nSPS) is 10.8. The summed E-state index contributed by atoms with van der Waals surface area (Å²) in [6.07, 6.45) is 1.45. The molecular weight excluding hydrogens is 463 g/mol. The number of halogens is 2. The first-order valence-corrected chi connectivity index (χ1v) is 11.2. The maximum atomic E-state index is 12.5. The minimum Gasteiger partial charge on any atom is -0.490 e. The van der Waals surface area contributed by atoms with Crippen molar-refractivity contribution < 1.29 is 19.0 Å². The zero-order valence-electron chi connectivity index (χ0n) is 18.3. The van der Waals surface area contributed by atoms with E-state index in [2.05, 4.69) is 10.5 Å². The highest BCUT2D eigenvalue weighted by molar-refractivity contribution is 6.37. The highest BCUT2D eigenvalue weighted by Crippen LogP contribution is 2.34. The summed E-state index contributed by atoms with van der Waals surface area (Å²) in [6.45, 7) is 5.04. The van der Waals surface area contributed by atoms with Gasteiger partial charge in [-0.1, -0.05) is 53.5 Å². The molecule has 0 aliphatic rings. The third-order valence-electron chi connectivity index (χ3n) is 4.43. The van der Waals surface area contributed by atoms with Crippen molar-refractivity contribution in [3.05, 3.63) is 87.4 Å². The van der Waals surface area contributed by atoms with Crippen LogP contribution in [0.3, 0.4) is 0 Å². The van der Waals surface area contributed by atoms with Crippen molar-refractivity contribution in [3.8, 4) is 17.2 Å². The molecule has 0 saturated carbocycles. The predicted molar refractivity (Wildman–Crippen MR) is 131 cm³/mol. The Bertz CT molecular complexity index is 1100. The van der Waals surface area contributed by atoms with Crippen molar-refractivity contribution in [1.82, 2.24) is 5.43 Å². The molecule has 3 rings (SSSR count). The Kier molecular flexibility index (Phi) is 8.98. The molecule has 0 unspecified atom stereocenters. The van der Waals surface area contributed by atoms with Crippen molar-refractivity contribution >= 4 is 35.3 Å². The summed E-state index contributed by atoms with van der Waals surface area (Å²) >= 11 is 12.7. The molecule has 0 fully saturated rings. The van der Waals surface area contributed by atoms with Crippen LogP contribution in [0.15, 0.2) is 65.8 Å². The molecule has 0 aliphatic heterocycles. The van der Waals surface area contributed by atoms with Gasteiger partial charge in [0.1, 0.15) is 6.61 Å².